The fourth-order valence-corrected chi connectivity index (χ4v) is 1.41. The number of halogens is 1. The van der Waals surface area contributed by atoms with Gasteiger partial charge in [-0.05, 0) is 30.0 Å². The molecule has 59 valence electrons. The van der Waals surface area contributed by atoms with E-state index in [0.29, 0.717) is 5.92 Å². The van der Waals surface area contributed by atoms with Gasteiger partial charge in [0, 0.05) is 4.47 Å². The third kappa shape index (κ3) is 3.06. The Balaban J connectivity index is 2.71. The van der Waals surface area contributed by atoms with E-state index in [0.717, 1.165) is 4.47 Å². The molecule has 0 aromatic heterocycles. The van der Waals surface area contributed by atoms with Crippen molar-refractivity contribution < 1.29 is 0 Å². The number of hydrogen-bond acceptors (Lipinski definition) is 0. The van der Waals surface area contributed by atoms with Crippen LogP contribution in [0.25, 0.3) is 0 Å². The zero-order valence-corrected chi connectivity index (χ0v) is 8.43. The third-order valence-electron chi connectivity index (χ3n) is 1.37. The van der Waals surface area contributed by atoms with Gasteiger partial charge >= 0.3 is 0 Å². The van der Waals surface area contributed by atoms with E-state index < -0.39 is 0 Å². The van der Waals surface area contributed by atoms with Crippen LogP contribution in [0.2, 0.25) is 0 Å². The molecule has 0 spiro atoms. The predicted molar refractivity (Wildman–Crippen MR) is 52.4 cm³/mol. The van der Waals surface area contributed by atoms with Crippen LogP contribution in [0.4, 0.5) is 0 Å². The topological polar surface area (TPSA) is 0 Å². The monoisotopic (exact) mass is 211 g/mol. The average Bonchev–Trinajstić information content (AvgIpc) is 1.85. The molecule has 1 radical (unpaired) electrons. The van der Waals surface area contributed by atoms with E-state index in [2.05, 4.69) is 54.4 Å². The third-order valence-corrected chi connectivity index (χ3v) is 1.87. The zero-order chi connectivity index (χ0) is 8.27. The summed E-state index contributed by atoms with van der Waals surface area (Å²) in [5.74, 6) is 0.615. The first-order valence-corrected chi connectivity index (χ1v) is 4.58. The molecule has 1 rings (SSSR count). The first kappa shape index (κ1) is 8.79. The minimum absolute atomic E-state index is 0.615. The van der Waals surface area contributed by atoms with E-state index in [9.17, 15) is 0 Å². The van der Waals surface area contributed by atoms with Gasteiger partial charge in [0.2, 0.25) is 0 Å². The van der Waals surface area contributed by atoms with E-state index in [4.69, 9.17) is 0 Å². The highest BCUT2D eigenvalue weighted by Gasteiger charge is 1.97. The smallest absolute Gasteiger partial charge is 0.0178 e. The number of rotatable bonds is 2. The molecule has 1 heteroatoms. The molecule has 0 saturated heterocycles. The molecule has 0 aliphatic carbocycles. The molecule has 0 atom stereocenters. The molecule has 0 fully saturated rings. The first-order valence-electron chi connectivity index (χ1n) is 3.79. The summed E-state index contributed by atoms with van der Waals surface area (Å²) in [6, 6.07) is 8.33. The summed E-state index contributed by atoms with van der Waals surface area (Å²) in [7, 11) is 0. The molecule has 0 heterocycles. The van der Waals surface area contributed by atoms with Crippen molar-refractivity contribution in [3.8, 4) is 0 Å². The zero-order valence-electron chi connectivity index (χ0n) is 6.84. The van der Waals surface area contributed by atoms with Gasteiger partial charge in [0.05, 0.1) is 0 Å². The lowest BCUT2D eigenvalue weighted by Crippen LogP contribution is -1.89. The Morgan fingerprint density at radius 3 is 2.64 bits per heavy atom. The van der Waals surface area contributed by atoms with Crippen LogP contribution < -0.4 is 0 Å². The van der Waals surface area contributed by atoms with Crippen molar-refractivity contribution in [1.82, 2.24) is 0 Å². The fourth-order valence-electron chi connectivity index (χ4n) is 0.995. The van der Waals surface area contributed by atoms with Crippen LogP contribution >= 0.6 is 15.9 Å². The Labute approximate surface area is 76.8 Å². The highest BCUT2D eigenvalue weighted by atomic mass is 79.9. The molecule has 0 nitrogen and oxygen atoms in total. The van der Waals surface area contributed by atoms with Gasteiger partial charge in [-0.15, -0.1) is 0 Å². The molecule has 0 aliphatic rings. The van der Waals surface area contributed by atoms with Crippen molar-refractivity contribution in [2.75, 3.05) is 0 Å². The largest absolute Gasteiger partial charge is 0.0622 e. The van der Waals surface area contributed by atoms with Gasteiger partial charge in [0.15, 0.2) is 0 Å². The maximum atomic E-state index is 3.43. The maximum Gasteiger partial charge on any atom is 0.0178 e. The van der Waals surface area contributed by atoms with Crippen LogP contribution in [0.1, 0.15) is 19.4 Å². The van der Waals surface area contributed by atoms with E-state index in [-0.39, 0.29) is 0 Å². The summed E-state index contributed by atoms with van der Waals surface area (Å²) in [6.45, 7) is 4.36. The Morgan fingerprint density at radius 1 is 1.36 bits per heavy atom. The summed E-state index contributed by atoms with van der Waals surface area (Å²) in [6.07, 6.45) is 2.24. The van der Waals surface area contributed by atoms with Crippen molar-refractivity contribution in [1.29, 1.82) is 0 Å². The SMILES string of the molecule is CC(C)[CH]c1cccc(Br)c1. The highest BCUT2D eigenvalue weighted by molar-refractivity contribution is 9.10. The van der Waals surface area contributed by atoms with Crippen LogP contribution in [-0.2, 0) is 0 Å². The second kappa shape index (κ2) is 3.91. The summed E-state index contributed by atoms with van der Waals surface area (Å²) in [5.41, 5.74) is 1.29. The van der Waals surface area contributed by atoms with Gasteiger partial charge in [0.25, 0.3) is 0 Å². The normalized spacial score (nSPS) is 10.5. The summed E-state index contributed by atoms with van der Waals surface area (Å²) < 4.78 is 1.15. The molecule has 11 heavy (non-hydrogen) atoms. The van der Waals surface area contributed by atoms with Crippen LogP contribution in [0, 0.1) is 12.3 Å². The molecular formula is C10H12Br. The van der Waals surface area contributed by atoms with E-state index in [1.165, 1.54) is 5.56 Å². The lowest BCUT2D eigenvalue weighted by molar-refractivity contribution is 0.776. The second-order valence-electron chi connectivity index (χ2n) is 2.97. The molecule has 0 saturated carbocycles. The number of benzene rings is 1. The van der Waals surface area contributed by atoms with Gasteiger partial charge in [-0.1, -0.05) is 41.9 Å². The van der Waals surface area contributed by atoms with E-state index in [1.54, 1.807) is 0 Å². The molecule has 0 N–H and O–H groups in total. The van der Waals surface area contributed by atoms with Gasteiger partial charge in [-0.2, -0.15) is 0 Å². The number of hydrogen-bond donors (Lipinski definition) is 0. The van der Waals surface area contributed by atoms with Crippen LogP contribution in [0.15, 0.2) is 28.7 Å². The molecule has 0 bridgehead atoms. The molecule has 0 unspecified atom stereocenters. The van der Waals surface area contributed by atoms with Gasteiger partial charge < -0.3 is 0 Å². The predicted octanol–water partition coefficient (Wildman–Crippen LogP) is 3.66. The minimum atomic E-state index is 0.615. The van der Waals surface area contributed by atoms with Crippen LogP contribution in [-0.4, -0.2) is 0 Å². The van der Waals surface area contributed by atoms with Crippen molar-refractivity contribution in [2.24, 2.45) is 5.92 Å². The summed E-state index contributed by atoms with van der Waals surface area (Å²) in [5, 5.41) is 0. The molecule has 1 aromatic carbocycles. The Bertz CT molecular complexity index is 228. The Morgan fingerprint density at radius 2 is 2.09 bits per heavy atom. The maximum absolute atomic E-state index is 3.43. The van der Waals surface area contributed by atoms with Crippen molar-refractivity contribution in [3.05, 3.63) is 40.7 Å². The summed E-state index contributed by atoms with van der Waals surface area (Å²) >= 11 is 3.43. The Hall–Kier alpha value is -0.300. The van der Waals surface area contributed by atoms with Gasteiger partial charge in [-0.25, -0.2) is 0 Å². The van der Waals surface area contributed by atoms with Crippen molar-refractivity contribution in [2.45, 2.75) is 13.8 Å². The van der Waals surface area contributed by atoms with Crippen molar-refractivity contribution in [3.63, 3.8) is 0 Å². The Kier molecular flexibility index (Phi) is 3.13. The highest BCUT2D eigenvalue weighted by Crippen LogP contribution is 2.15. The average molecular weight is 212 g/mol. The van der Waals surface area contributed by atoms with E-state index >= 15 is 0 Å². The molecule has 0 amide bonds. The van der Waals surface area contributed by atoms with Crippen molar-refractivity contribution >= 4 is 15.9 Å². The molecule has 1 aromatic rings. The second-order valence-corrected chi connectivity index (χ2v) is 3.88. The molecular weight excluding hydrogens is 200 g/mol. The van der Waals surface area contributed by atoms with Gasteiger partial charge in [-0.3, -0.25) is 0 Å². The lowest BCUT2D eigenvalue weighted by atomic mass is 10.0. The molecule has 0 aliphatic heterocycles. The standard InChI is InChI=1S/C10H12Br/c1-8(2)6-9-4-3-5-10(11)7-9/h3-8H,1-2H3. The van der Waals surface area contributed by atoms with E-state index in [1.807, 2.05) is 6.07 Å². The van der Waals surface area contributed by atoms with Gasteiger partial charge in [0.1, 0.15) is 0 Å². The minimum Gasteiger partial charge on any atom is -0.0622 e. The summed E-state index contributed by atoms with van der Waals surface area (Å²) in [4.78, 5) is 0. The quantitative estimate of drug-likeness (QED) is 0.701. The van der Waals surface area contributed by atoms with Crippen LogP contribution in [0.5, 0.6) is 0 Å². The fraction of sp³-hybridized carbons (Fsp3) is 0.300. The lowest BCUT2D eigenvalue weighted by Gasteiger charge is -2.03. The van der Waals surface area contributed by atoms with Crippen LogP contribution in [0.3, 0.4) is 0 Å². The first-order chi connectivity index (χ1) is 5.18.